The Kier molecular flexibility index (Phi) is 7.39. The lowest BCUT2D eigenvalue weighted by Gasteiger charge is -2.29. The summed E-state index contributed by atoms with van der Waals surface area (Å²) in [4.78, 5) is 7.02. The first-order valence-corrected chi connectivity index (χ1v) is 8.01. The molecule has 0 aliphatic carbocycles. The Labute approximate surface area is 125 Å². The third kappa shape index (κ3) is 5.11. The lowest BCUT2D eigenvalue weighted by molar-refractivity contribution is 0.640. The summed E-state index contributed by atoms with van der Waals surface area (Å²) in [5, 5.41) is 3.47. The van der Waals surface area contributed by atoms with E-state index in [0.29, 0.717) is 6.04 Å². The Bertz CT molecular complexity index is 380. The number of nitrogens with zero attached hydrogens (tertiary/aromatic N) is 2. The van der Waals surface area contributed by atoms with E-state index in [2.05, 4.69) is 64.9 Å². The van der Waals surface area contributed by atoms with E-state index in [-0.39, 0.29) is 0 Å². The summed E-state index contributed by atoms with van der Waals surface area (Å²) >= 11 is 3.52. The highest BCUT2D eigenvalue weighted by molar-refractivity contribution is 9.10. The van der Waals surface area contributed by atoms with Crippen LogP contribution in [0.25, 0.3) is 0 Å². The largest absolute Gasteiger partial charge is 0.354 e. The van der Waals surface area contributed by atoms with Crippen LogP contribution in [0.15, 0.2) is 16.7 Å². The third-order valence-corrected chi connectivity index (χ3v) is 3.45. The Morgan fingerprint density at radius 1 is 1.32 bits per heavy atom. The van der Waals surface area contributed by atoms with Crippen LogP contribution in [0, 0.1) is 0 Å². The zero-order valence-electron chi connectivity index (χ0n) is 12.5. The van der Waals surface area contributed by atoms with Crippen molar-refractivity contribution in [1.29, 1.82) is 0 Å². The van der Waals surface area contributed by atoms with Crippen molar-refractivity contribution < 1.29 is 0 Å². The minimum Gasteiger partial charge on any atom is -0.354 e. The molecule has 19 heavy (non-hydrogen) atoms. The number of aromatic nitrogens is 1. The van der Waals surface area contributed by atoms with E-state index in [1.54, 1.807) is 0 Å². The molecule has 0 atom stereocenters. The van der Waals surface area contributed by atoms with E-state index in [1.165, 1.54) is 5.56 Å². The van der Waals surface area contributed by atoms with Crippen LogP contribution in [0.4, 0.5) is 5.82 Å². The van der Waals surface area contributed by atoms with Crippen molar-refractivity contribution >= 4 is 21.7 Å². The van der Waals surface area contributed by atoms with Crippen molar-refractivity contribution in [2.24, 2.45) is 0 Å². The average Bonchev–Trinajstić information content (AvgIpc) is 2.37. The standard InChI is InChI=1S/C15H26BrN3/c1-5-7-17-10-13-9-14(16)11-18-15(13)19(8-6-2)12(3)4/h9,11-12,17H,5-8,10H2,1-4H3. The molecule has 0 saturated heterocycles. The van der Waals surface area contributed by atoms with Crippen LogP contribution in [-0.4, -0.2) is 24.1 Å². The first-order valence-electron chi connectivity index (χ1n) is 7.21. The maximum Gasteiger partial charge on any atom is 0.133 e. The van der Waals surface area contributed by atoms with Gasteiger partial charge in [0.2, 0.25) is 0 Å². The number of hydrogen-bond acceptors (Lipinski definition) is 3. The van der Waals surface area contributed by atoms with Crippen LogP contribution in [0.2, 0.25) is 0 Å². The Hall–Kier alpha value is -0.610. The SMILES string of the molecule is CCCNCc1cc(Br)cnc1N(CCC)C(C)C. The van der Waals surface area contributed by atoms with Crippen LogP contribution in [0.1, 0.15) is 46.1 Å². The Morgan fingerprint density at radius 3 is 2.63 bits per heavy atom. The molecule has 3 nitrogen and oxygen atoms in total. The molecule has 0 unspecified atom stereocenters. The predicted octanol–water partition coefficient (Wildman–Crippen LogP) is 3.97. The van der Waals surface area contributed by atoms with E-state index in [9.17, 15) is 0 Å². The Balaban J connectivity index is 2.95. The molecule has 0 saturated carbocycles. The molecule has 0 fully saturated rings. The van der Waals surface area contributed by atoms with Gasteiger partial charge in [0.05, 0.1) is 0 Å². The van der Waals surface area contributed by atoms with Gasteiger partial charge in [0.15, 0.2) is 0 Å². The van der Waals surface area contributed by atoms with Gasteiger partial charge in [0.1, 0.15) is 5.82 Å². The summed E-state index contributed by atoms with van der Waals surface area (Å²) in [6.07, 6.45) is 4.18. The lowest BCUT2D eigenvalue weighted by atomic mass is 10.2. The summed E-state index contributed by atoms with van der Waals surface area (Å²) in [6.45, 7) is 11.8. The predicted molar refractivity (Wildman–Crippen MR) is 86.7 cm³/mol. The minimum atomic E-state index is 0.471. The molecule has 0 aromatic carbocycles. The molecule has 0 aliphatic rings. The molecular weight excluding hydrogens is 302 g/mol. The number of hydrogen-bond donors (Lipinski definition) is 1. The van der Waals surface area contributed by atoms with Crippen molar-refractivity contribution in [3.05, 3.63) is 22.3 Å². The summed E-state index contributed by atoms with van der Waals surface area (Å²) < 4.78 is 1.05. The summed E-state index contributed by atoms with van der Waals surface area (Å²) in [5.41, 5.74) is 1.27. The van der Waals surface area contributed by atoms with Crippen molar-refractivity contribution in [2.75, 3.05) is 18.0 Å². The molecule has 0 radical (unpaired) electrons. The second kappa shape index (κ2) is 8.54. The van der Waals surface area contributed by atoms with Gasteiger partial charge in [-0.05, 0) is 55.2 Å². The van der Waals surface area contributed by atoms with Gasteiger partial charge in [0, 0.05) is 35.4 Å². The van der Waals surface area contributed by atoms with Gasteiger partial charge >= 0.3 is 0 Å². The molecular formula is C15H26BrN3. The topological polar surface area (TPSA) is 28.2 Å². The van der Waals surface area contributed by atoms with Gasteiger partial charge in [-0.1, -0.05) is 13.8 Å². The molecule has 0 spiro atoms. The van der Waals surface area contributed by atoms with Crippen molar-refractivity contribution in [1.82, 2.24) is 10.3 Å². The average molecular weight is 328 g/mol. The summed E-state index contributed by atoms with van der Waals surface area (Å²) in [6, 6.07) is 2.65. The molecule has 1 N–H and O–H groups in total. The highest BCUT2D eigenvalue weighted by Gasteiger charge is 2.15. The van der Waals surface area contributed by atoms with Crippen LogP contribution in [0.5, 0.6) is 0 Å². The van der Waals surface area contributed by atoms with E-state index in [4.69, 9.17) is 0 Å². The zero-order valence-corrected chi connectivity index (χ0v) is 14.1. The Morgan fingerprint density at radius 2 is 2.05 bits per heavy atom. The molecule has 0 amide bonds. The maximum atomic E-state index is 4.64. The number of pyridine rings is 1. The second-order valence-corrected chi connectivity index (χ2v) is 6.02. The number of halogens is 1. The van der Waals surface area contributed by atoms with Crippen molar-refractivity contribution in [2.45, 2.75) is 53.1 Å². The molecule has 108 valence electrons. The number of nitrogens with one attached hydrogen (secondary N) is 1. The van der Waals surface area contributed by atoms with Crippen LogP contribution in [0.3, 0.4) is 0 Å². The zero-order chi connectivity index (χ0) is 14.3. The fourth-order valence-electron chi connectivity index (χ4n) is 2.11. The van der Waals surface area contributed by atoms with Crippen LogP contribution < -0.4 is 10.2 Å². The monoisotopic (exact) mass is 327 g/mol. The molecule has 0 aliphatic heterocycles. The molecule has 1 heterocycles. The summed E-state index contributed by atoms with van der Waals surface area (Å²) in [5.74, 6) is 1.11. The van der Waals surface area contributed by atoms with Gasteiger partial charge in [-0.3, -0.25) is 0 Å². The summed E-state index contributed by atoms with van der Waals surface area (Å²) in [7, 11) is 0. The number of rotatable bonds is 8. The van der Waals surface area contributed by atoms with Crippen LogP contribution >= 0.6 is 15.9 Å². The third-order valence-electron chi connectivity index (χ3n) is 3.01. The first kappa shape index (κ1) is 16.4. The van der Waals surface area contributed by atoms with E-state index >= 15 is 0 Å². The molecule has 1 aromatic rings. The van der Waals surface area contributed by atoms with Gasteiger partial charge in [-0.25, -0.2) is 4.98 Å². The molecule has 1 rings (SSSR count). The maximum absolute atomic E-state index is 4.64. The van der Waals surface area contributed by atoms with Crippen molar-refractivity contribution in [3.8, 4) is 0 Å². The highest BCUT2D eigenvalue weighted by atomic mass is 79.9. The second-order valence-electron chi connectivity index (χ2n) is 5.10. The molecule has 4 heteroatoms. The lowest BCUT2D eigenvalue weighted by Crippen LogP contribution is -2.33. The number of anilines is 1. The van der Waals surface area contributed by atoms with E-state index < -0.39 is 0 Å². The minimum absolute atomic E-state index is 0.471. The highest BCUT2D eigenvalue weighted by Crippen LogP contribution is 2.23. The van der Waals surface area contributed by atoms with Crippen molar-refractivity contribution in [3.63, 3.8) is 0 Å². The fourth-order valence-corrected chi connectivity index (χ4v) is 2.49. The quantitative estimate of drug-likeness (QED) is 0.732. The fraction of sp³-hybridized carbons (Fsp3) is 0.667. The van der Waals surface area contributed by atoms with E-state index in [1.807, 2.05) is 6.20 Å². The molecule has 0 bridgehead atoms. The smallest absolute Gasteiger partial charge is 0.133 e. The van der Waals surface area contributed by atoms with Crippen LogP contribution in [-0.2, 0) is 6.54 Å². The van der Waals surface area contributed by atoms with E-state index in [0.717, 1.165) is 42.8 Å². The first-order chi connectivity index (χ1) is 9.10. The normalized spacial score (nSPS) is 11.1. The van der Waals surface area contributed by atoms with Gasteiger partial charge < -0.3 is 10.2 Å². The van der Waals surface area contributed by atoms with Gasteiger partial charge in [-0.2, -0.15) is 0 Å². The van der Waals surface area contributed by atoms with Gasteiger partial charge in [-0.15, -0.1) is 0 Å². The molecule has 1 aromatic heterocycles. The van der Waals surface area contributed by atoms with Gasteiger partial charge in [0.25, 0.3) is 0 Å².